The highest BCUT2D eigenvalue weighted by molar-refractivity contribution is 5.82. The van der Waals surface area contributed by atoms with Gasteiger partial charge in [0.15, 0.2) is 0 Å². The molecule has 0 spiro atoms. The van der Waals surface area contributed by atoms with E-state index >= 15 is 0 Å². The van der Waals surface area contributed by atoms with E-state index in [9.17, 15) is 4.79 Å². The maximum Gasteiger partial charge on any atom is 0.237 e. The van der Waals surface area contributed by atoms with Crippen LogP contribution in [-0.4, -0.2) is 24.7 Å². The lowest BCUT2D eigenvalue weighted by molar-refractivity contribution is -0.120. The van der Waals surface area contributed by atoms with Crippen LogP contribution in [0.25, 0.3) is 0 Å². The first-order valence-electron chi connectivity index (χ1n) is 3.80. The highest BCUT2D eigenvalue weighted by Crippen LogP contribution is 2.20. The van der Waals surface area contributed by atoms with Crippen molar-refractivity contribution in [1.29, 1.82) is 0 Å². The summed E-state index contributed by atoms with van der Waals surface area (Å²) in [6.45, 7) is 0.624. The molecule has 12 heavy (non-hydrogen) atoms. The fourth-order valence-corrected chi connectivity index (χ4v) is 1.48. The smallest absolute Gasteiger partial charge is 0.237 e. The Morgan fingerprint density at radius 3 is 3.33 bits per heavy atom. The second-order valence-electron chi connectivity index (χ2n) is 2.89. The molecule has 4 N–H and O–H groups in total. The number of aliphatic imine (C=N–C) groups is 1. The summed E-state index contributed by atoms with van der Waals surface area (Å²) in [7, 11) is 0. The van der Waals surface area contributed by atoms with Crippen LogP contribution in [0.4, 0.5) is 0 Å². The summed E-state index contributed by atoms with van der Waals surface area (Å²) in [6.07, 6.45) is 3.58. The molecule has 2 rings (SSSR count). The highest BCUT2D eigenvalue weighted by atomic mass is 16.1. The molecule has 0 aromatic rings. The van der Waals surface area contributed by atoms with Gasteiger partial charge in [-0.15, -0.1) is 0 Å². The van der Waals surface area contributed by atoms with Gasteiger partial charge in [0, 0.05) is 24.4 Å². The van der Waals surface area contributed by atoms with Crippen molar-refractivity contribution < 1.29 is 4.79 Å². The molecule has 0 aromatic heterocycles. The molecule has 2 atom stereocenters. The minimum Gasteiger partial charge on any atom is -0.368 e. The number of hydrogen-bond acceptors (Lipinski definition) is 4. The van der Waals surface area contributed by atoms with E-state index < -0.39 is 0 Å². The Hall–Kier alpha value is -1.36. The number of hydrazine groups is 1. The van der Waals surface area contributed by atoms with Gasteiger partial charge in [-0.2, -0.15) is 0 Å². The number of primary amides is 1. The molecule has 1 saturated heterocycles. The monoisotopic (exact) mass is 166 g/mol. The summed E-state index contributed by atoms with van der Waals surface area (Å²) in [6, 6.07) is -0.325. The number of fused-ring (bicyclic) bond motifs is 1. The first-order chi connectivity index (χ1) is 5.79. The number of hydrogen-bond donors (Lipinski definition) is 3. The summed E-state index contributed by atoms with van der Waals surface area (Å²) in [5.41, 5.74) is 11.9. The average Bonchev–Trinajstić information content (AvgIpc) is 2.47. The molecule has 2 unspecified atom stereocenters. The lowest BCUT2D eigenvalue weighted by Crippen LogP contribution is -2.43. The van der Waals surface area contributed by atoms with E-state index in [0.717, 1.165) is 5.70 Å². The molecule has 0 radical (unpaired) electrons. The summed E-state index contributed by atoms with van der Waals surface area (Å²) < 4.78 is 0. The number of dihydropyridines is 1. The molecule has 0 bridgehead atoms. The maximum absolute atomic E-state index is 10.9. The Morgan fingerprint density at radius 2 is 2.58 bits per heavy atom. The zero-order chi connectivity index (χ0) is 8.55. The molecular formula is C7H10N4O. The number of rotatable bonds is 1. The summed E-state index contributed by atoms with van der Waals surface area (Å²) >= 11 is 0. The van der Waals surface area contributed by atoms with Crippen LogP contribution >= 0.6 is 0 Å². The molecule has 5 nitrogen and oxygen atoms in total. The van der Waals surface area contributed by atoms with Crippen molar-refractivity contribution in [3.8, 4) is 0 Å². The van der Waals surface area contributed by atoms with Crippen molar-refractivity contribution in [3.63, 3.8) is 0 Å². The molecule has 0 aromatic carbocycles. The van der Waals surface area contributed by atoms with Gasteiger partial charge in [-0.25, -0.2) is 5.43 Å². The Labute approximate surface area is 69.7 Å². The fourth-order valence-electron chi connectivity index (χ4n) is 1.48. The average molecular weight is 166 g/mol. The molecular weight excluding hydrogens is 156 g/mol. The Kier molecular flexibility index (Phi) is 1.58. The first kappa shape index (κ1) is 7.30. The second-order valence-corrected chi connectivity index (χ2v) is 2.89. The minimum atomic E-state index is -0.340. The standard InChI is InChI=1S/C7H10N4O/c8-7(12)6-4-3-9-2-1-5(4)10-11-6/h1-2,4,6,10-11H,3H2,(H2,8,12). The summed E-state index contributed by atoms with van der Waals surface area (Å²) in [5, 5.41) is 0. The van der Waals surface area contributed by atoms with Crippen molar-refractivity contribution in [2.24, 2.45) is 16.6 Å². The van der Waals surface area contributed by atoms with Crippen molar-refractivity contribution in [1.82, 2.24) is 10.9 Å². The lowest BCUT2D eigenvalue weighted by atomic mass is 9.97. The fraction of sp³-hybridized carbons (Fsp3) is 0.429. The maximum atomic E-state index is 10.9. The Bertz CT molecular complexity index is 271. The molecule has 0 saturated carbocycles. The van der Waals surface area contributed by atoms with E-state index in [0.29, 0.717) is 6.54 Å². The van der Waals surface area contributed by atoms with Gasteiger partial charge in [0.2, 0.25) is 5.91 Å². The van der Waals surface area contributed by atoms with Crippen LogP contribution in [0.15, 0.2) is 16.8 Å². The third kappa shape index (κ3) is 0.984. The zero-order valence-electron chi connectivity index (χ0n) is 6.45. The van der Waals surface area contributed by atoms with Crippen molar-refractivity contribution >= 4 is 12.1 Å². The van der Waals surface area contributed by atoms with Crippen molar-refractivity contribution in [3.05, 3.63) is 11.8 Å². The van der Waals surface area contributed by atoms with Gasteiger partial charge in [-0.05, 0) is 6.08 Å². The van der Waals surface area contributed by atoms with Crippen LogP contribution in [0.2, 0.25) is 0 Å². The predicted molar refractivity (Wildman–Crippen MR) is 44.2 cm³/mol. The number of amides is 1. The van der Waals surface area contributed by atoms with Crippen LogP contribution in [0.1, 0.15) is 0 Å². The van der Waals surface area contributed by atoms with Gasteiger partial charge in [-0.1, -0.05) is 0 Å². The largest absolute Gasteiger partial charge is 0.368 e. The minimum absolute atomic E-state index is 0.0903. The van der Waals surface area contributed by atoms with Crippen LogP contribution in [-0.2, 0) is 4.79 Å². The second kappa shape index (κ2) is 2.60. The molecule has 0 aliphatic carbocycles. The Balaban J connectivity index is 2.20. The lowest BCUT2D eigenvalue weighted by Gasteiger charge is -2.14. The van der Waals surface area contributed by atoms with Crippen molar-refractivity contribution in [2.45, 2.75) is 6.04 Å². The molecule has 2 aliphatic heterocycles. The van der Waals surface area contributed by atoms with Gasteiger partial charge in [0.05, 0.1) is 0 Å². The van der Waals surface area contributed by atoms with Gasteiger partial charge >= 0.3 is 0 Å². The number of nitrogens with one attached hydrogen (secondary N) is 2. The van der Waals surface area contributed by atoms with E-state index in [1.807, 2.05) is 6.08 Å². The SMILES string of the molecule is NC(=O)C1NNC2=CC=NCC21. The zero-order valence-corrected chi connectivity index (χ0v) is 6.45. The van der Waals surface area contributed by atoms with Gasteiger partial charge in [-0.3, -0.25) is 9.79 Å². The topological polar surface area (TPSA) is 79.5 Å². The molecule has 2 heterocycles. The van der Waals surface area contributed by atoms with E-state index in [-0.39, 0.29) is 17.9 Å². The normalized spacial score (nSPS) is 32.2. The summed E-state index contributed by atoms with van der Waals surface area (Å²) in [4.78, 5) is 15.0. The van der Waals surface area contributed by atoms with Gasteiger partial charge in [0.1, 0.15) is 6.04 Å². The Morgan fingerprint density at radius 1 is 1.75 bits per heavy atom. The van der Waals surface area contributed by atoms with E-state index in [4.69, 9.17) is 5.73 Å². The number of allylic oxidation sites excluding steroid dienone is 1. The molecule has 1 amide bonds. The van der Waals surface area contributed by atoms with Crippen LogP contribution in [0.5, 0.6) is 0 Å². The number of nitrogens with two attached hydrogens (primary N) is 1. The molecule has 64 valence electrons. The van der Waals surface area contributed by atoms with Gasteiger partial charge < -0.3 is 11.2 Å². The third-order valence-corrected chi connectivity index (χ3v) is 2.14. The number of carbonyl (C=O) groups is 1. The van der Waals surface area contributed by atoms with E-state index in [1.54, 1.807) is 6.21 Å². The molecule has 2 aliphatic rings. The highest BCUT2D eigenvalue weighted by Gasteiger charge is 2.35. The van der Waals surface area contributed by atoms with Crippen LogP contribution in [0.3, 0.4) is 0 Å². The predicted octanol–water partition coefficient (Wildman–Crippen LogP) is -1.47. The third-order valence-electron chi connectivity index (χ3n) is 2.14. The van der Waals surface area contributed by atoms with E-state index in [2.05, 4.69) is 15.8 Å². The first-order valence-corrected chi connectivity index (χ1v) is 3.80. The molecule has 1 fully saturated rings. The van der Waals surface area contributed by atoms with Gasteiger partial charge in [0.25, 0.3) is 0 Å². The molecule has 5 heteroatoms. The van der Waals surface area contributed by atoms with E-state index in [1.165, 1.54) is 0 Å². The number of nitrogens with zero attached hydrogens (tertiary/aromatic N) is 1. The quantitative estimate of drug-likeness (QED) is 0.445. The number of carbonyl (C=O) groups excluding carboxylic acids is 1. The van der Waals surface area contributed by atoms with Crippen LogP contribution in [0, 0.1) is 5.92 Å². The van der Waals surface area contributed by atoms with Crippen LogP contribution < -0.4 is 16.6 Å². The summed E-state index contributed by atoms with van der Waals surface area (Å²) in [5.74, 6) is -0.250. The van der Waals surface area contributed by atoms with Crippen molar-refractivity contribution in [2.75, 3.05) is 6.54 Å².